The van der Waals surface area contributed by atoms with Gasteiger partial charge < -0.3 is 10.4 Å². The molecule has 1 aromatic carbocycles. The SMILES string of the molecule is CNC1CCN(Cc2ccccc2)CC1C(=O)O. The Kier molecular flexibility index (Phi) is 4.33. The number of benzene rings is 1. The van der Waals surface area contributed by atoms with Gasteiger partial charge in [0, 0.05) is 25.7 Å². The Morgan fingerprint density at radius 2 is 2.17 bits per heavy atom. The molecule has 0 saturated carbocycles. The first-order chi connectivity index (χ1) is 8.70. The second-order valence-corrected chi connectivity index (χ2v) is 4.85. The fourth-order valence-corrected chi connectivity index (χ4v) is 2.60. The predicted molar refractivity (Wildman–Crippen MR) is 70.3 cm³/mol. The van der Waals surface area contributed by atoms with Gasteiger partial charge in [-0.1, -0.05) is 30.3 Å². The number of carboxylic acids is 1. The minimum atomic E-state index is -0.702. The van der Waals surface area contributed by atoms with E-state index in [4.69, 9.17) is 0 Å². The summed E-state index contributed by atoms with van der Waals surface area (Å²) in [6.45, 7) is 2.40. The third-order valence-electron chi connectivity index (χ3n) is 3.63. The van der Waals surface area contributed by atoms with Crippen LogP contribution >= 0.6 is 0 Å². The third kappa shape index (κ3) is 3.09. The molecule has 98 valence electrons. The third-order valence-corrected chi connectivity index (χ3v) is 3.63. The van der Waals surface area contributed by atoms with Gasteiger partial charge in [-0.25, -0.2) is 0 Å². The van der Waals surface area contributed by atoms with E-state index < -0.39 is 5.97 Å². The highest BCUT2D eigenvalue weighted by Gasteiger charge is 2.33. The maximum atomic E-state index is 11.3. The Bertz CT molecular complexity index is 394. The number of nitrogens with zero attached hydrogens (tertiary/aromatic N) is 1. The van der Waals surface area contributed by atoms with E-state index >= 15 is 0 Å². The van der Waals surface area contributed by atoms with Crippen molar-refractivity contribution in [3.05, 3.63) is 35.9 Å². The Morgan fingerprint density at radius 3 is 2.78 bits per heavy atom. The van der Waals surface area contributed by atoms with Gasteiger partial charge in [0.25, 0.3) is 0 Å². The van der Waals surface area contributed by atoms with Gasteiger partial charge in [0.15, 0.2) is 0 Å². The van der Waals surface area contributed by atoms with Crippen molar-refractivity contribution in [1.82, 2.24) is 10.2 Å². The standard InChI is InChI=1S/C14H20N2O2/c1-15-13-7-8-16(10-12(13)14(17)18)9-11-5-3-2-4-6-11/h2-6,12-13,15H,7-10H2,1H3,(H,17,18). The number of carboxylic acid groups (broad SMARTS) is 1. The van der Waals surface area contributed by atoms with Crippen LogP contribution in [0.4, 0.5) is 0 Å². The normalized spacial score (nSPS) is 24.9. The molecule has 2 rings (SSSR count). The molecule has 0 radical (unpaired) electrons. The lowest BCUT2D eigenvalue weighted by Crippen LogP contribution is -2.50. The zero-order chi connectivity index (χ0) is 13.0. The second-order valence-electron chi connectivity index (χ2n) is 4.85. The Balaban J connectivity index is 1.98. The van der Waals surface area contributed by atoms with Gasteiger partial charge in [0.2, 0.25) is 0 Å². The van der Waals surface area contributed by atoms with Crippen LogP contribution in [0.25, 0.3) is 0 Å². The summed E-state index contributed by atoms with van der Waals surface area (Å²) in [6.07, 6.45) is 0.889. The van der Waals surface area contributed by atoms with Gasteiger partial charge in [-0.3, -0.25) is 9.69 Å². The van der Waals surface area contributed by atoms with E-state index in [0.717, 1.165) is 19.5 Å². The van der Waals surface area contributed by atoms with Gasteiger partial charge in [-0.05, 0) is 19.0 Å². The molecule has 0 bridgehead atoms. The Hall–Kier alpha value is -1.39. The summed E-state index contributed by atoms with van der Waals surface area (Å²) >= 11 is 0. The lowest BCUT2D eigenvalue weighted by molar-refractivity contribution is -0.144. The zero-order valence-corrected chi connectivity index (χ0v) is 10.7. The molecule has 4 heteroatoms. The lowest BCUT2D eigenvalue weighted by Gasteiger charge is -2.36. The number of likely N-dealkylation sites (tertiary alicyclic amines) is 1. The Morgan fingerprint density at radius 1 is 1.44 bits per heavy atom. The van der Waals surface area contributed by atoms with Crippen molar-refractivity contribution in [3.8, 4) is 0 Å². The van der Waals surface area contributed by atoms with Crippen LogP contribution in [-0.2, 0) is 11.3 Å². The number of nitrogens with one attached hydrogen (secondary N) is 1. The highest BCUT2D eigenvalue weighted by Crippen LogP contribution is 2.19. The lowest BCUT2D eigenvalue weighted by atomic mass is 9.92. The molecule has 1 aliphatic heterocycles. The van der Waals surface area contributed by atoms with E-state index in [1.165, 1.54) is 5.56 Å². The molecule has 0 spiro atoms. The van der Waals surface area contributed by atoms with Crippen molar-refractivity contribution < 1.29 is 9.90 Å². The number of hydrogen-bond donors (Lipinski definition) is 2. The molecule has 0 aromatic heterocycles. The molecule has 2 unspecified atom stereocenters. The molecule has 2 atom stereocenters. The van der Waals surface area contributed by atoms with Gasteiger partial charge in [-0.2, -0.15) is 0 Å². The summed E-state index contributed by atoms with van der Waals surface area (Å²) in [5, 5.41) is 12.4. The summed E-state index contributed by atoms with van der Waals surface area (Å²) in [5.41, 5.74) is 1.24. The molecule has 0 amide bonds. The molecular weight excluding hydrogens is 228 g/mol. The van der Waals surface area contributed by atoms with Crippen LogP contribution in [0.15, 0.2) is 30.3 Å². The van der Waals surface area contributed by atoms with Crippen molar-refractivity contribution >= 4 is 5.97 Å². The number of piperidine rings is 1. The van der Waals surface area contributed by atoms with Crippen LogP contribution in [-0.4, -0.2) is 42.2 Å². The maximum absolute atomic E-state index is 11.3. The smallest absolute Gasteiger partial charge is 0.309 e. The molecule has 4 nitrogen and oxygen atoms in total. The van der Waals surface area contributed by atoms with E-state index in [9.17, 15) is 9.90 Å². The largest absolute Gasteiger partial charge is 0.481 e. The first-order valence-corrected chi connectivity index (χ1v) is 6.37. The summed E-state index contributed by atoms with van der Waals surface area (Å²) in [6, 6.07) is 10.3. The van der Waals surface area contributed by atoms with Gasteiger partial charge in [-0.15, -0.1) is 0 Å². The zero-order valence-electron chi connectivity index (χ0n) is 10.7. The fraction of sp³-hybridized carbons (Fsp3) is 0.500. The minimum absolute atomic E-state index is 0.0922. The van der Waals surface area contributed by atoms with Crippen LogP contribution < -0.4 is 5.32 Å². The van der Waals surface area contributed by atoms with E-state index in [1.54, 1.807) is 0 Å². The maximum Gasteiger partial charge on any atom is 0.309 e. The van der Waals surface area contributed by atoms with E-state index in [1.807, 2.05) is 25.2 Å². The Labute approximate surface area is 108 Å². The van der Waals surface area contributed by atoms with Crippen LogP contribution in [0.5, 0.6) is 0 Å². The van der Waals surface area contributed by atoms with Crippen LogP contribution in [0.1, 0.15) is 12.0 Å². The number of carbonyl (C=O) groups is 1. The first-order valence-electron chi connectivity index (χ1n) is 6.37. The minimum Gasteiger partial charge on any atom is -0.481 e. The number of aliphatic carboxylic acids is 1. The summed E-state index contributed by atoms with van der Waals surface area (Å²) in [7, 11) is 1.84. The number of rotatable bonds is 4. The molecule has 0 aliphatic carbocycles. The fourth-order valence-electron chi connectivity index (χ4n) is 2.60. The second kappa shape index (κ2) is 5.98. The number of hydrogen-bond acceptors (Lipinski definition) is 3. The molecule has 1 aliphatic rings. The average Bonchev–Trinajstić information content (AvgIpc) is 2.40. The van der Waals surface area contributed by atoms with Crippen LogP contribution in [0.2, 0.25) is 0 Å². The van der Waals surface area contributed by atoms with Gasteiger partial charge >= 0.3 is 5.97 Å². The topological polar surface area (TPSA) is 52.6 Å². The molecule has 2 N–H and O–H groups in total. The van der Waals surface area contributed by atoms with Gasteiger partial charge in [0.05, 0.1) is 5.92 Å². The van der Waals surface area contributed by atoms with Crippen LogP contribution in [0.3, 0.4) is 0 Å². The average molecular weight is 248 g/mol. The quantitative estimate of drug-likeness (QED) is 0.840. The van der Waals surface area contributed by atoms with Crippen molar-refractivity contribution in [2.45, 2.75) is 19.0 Å². The highest BCUT2D eigenvalue weighted by molar-refractivity contribution is 5.71. The summed E-state index contributed by atoms with van der Waals surface area (Å²) in [4.78, 5) is 13.5. The predicted octanol–water partition coefficient (Wildman–Crippen LogP) is 1.18. The highest BCUT2D eigenvalue weighted by atomic mass is 16.4. The van der Waals surface area contributed by atoms with E-state index in [2.05, 4.69) is 22.3 Å². The van der Waals surface area contributed by atoms with Crippen LogP contribution in [0, 0.1) is 5.92 Å². The molecule has 18 heavy (non-hydrogen) atoms. The molecular formula is C14H20N2O2. The molecule has 1 heterocycles. The van der Waals surface area contributed by atoms with Crippen molar-refractivity contribution in [2.75, 3.05) is 20.1 Å². The molecule has 1 aromatic rings. The van der Waals surface area contributed by atoms with Gasteiger partial charge in [0.1, 0.15) is 0 Å². The molecule has 1 saturated heterocycles. The summed E-state index contributed by atoms with van der Waals surface area (Å²) < 4.78 is 0. The van der Waals surface area contributed by atoms with E-state index in [0.29, 0.717) is 6.54 Å². The van der Waals surface area contributed by atoms with Crippen molar-refractivity contribution in [2.24, 2.45) is 5.92 Å². The molecule has 1 fully saturated rings. The van der Waals surface area contributed by atoms with E-state index in [-0.39, 0.29) is 12.0 Å². The monoisotopic (exact) mass is 248 g/mol. The van der Waals surface area contributed by atoms with Crippen molar-refractivity contribution in [1.29, 1.82) is 0 Å². The summed E-state index contributed by atoms with van der Waals surface area (Å²) in [5.74, 6) is -1.01. The van der Waals surface area contributed by atoms with Crippen molar-refractivity contribution in [3.63, 3.8) is 0 Å². The first kappa shape index (κ1) is 13.1.